The number of carbonyl (C=O) groups excluding carboxylic acids is 4. The van der Waals surface area contributed by atoms with Gasteiger partial charge in [-0.05, 0) is 55.9 Å². The van der Waals surface area contributed by atoms with Gasteiger partial charge in [0.15, 0.2) is 0 Å². The number of ether oxygens (including phenoxy) is 1. The van der Waals surface area contributed by atoms with Gasteiger partial charge in [0.2, 0.25) is 0 Å². The van der Waals surface area contributed by atoms with Crippen LogP contribution in [-0.2, 0) is 4.74 Å². The number of esters is 1. The summed E-state index contributed by atoms with van der Waals surface area (Å²) in [5.41, 5.74) is 11.2. The number of rotatable bonds is 5. The summed E-state index contributed by atoms with van der Waals surface area (Å²) in [5, 5.41) is 2.60. The van der Waals surface area contributed by atoms with Crippen LogP contribution in [0.4, 0.5) is 19.0 Å². The summed E-state index contributed by atoms with van der Waals surface area (Å²) >= 11 is 1.05. The zero-order chi connectivity index (χ0) is 25.8. The van der Waals surface area contributed by atoms with Crippen molar-refractivity contribution in [3.8, 4) is 10.4 Å². The number of urea groups is 2. The van der Waals surface area contributed by atoms with Crippen LogP contribution in [0.3, 0.4) is 0 Å². The van der Waals surface area contributed by atoms with E-state index in [0.29, 0.717) is 42.9 Å². The third-order valence-corrected chi connectivity index (χ3v) is 7.38. The van der Waals surface area contributed by atoms with E-state index in [1.165, 1.54) is 29.2 Å². The number of thiophene rings is 1. The zero-order valence-corrected chi connectivity index (χ0v) is 20.4. The maximum Gasteiger partial charge on any atom is 0.341 e. The molecule has 4 rings (SSSR count). The molecule has 12 heteroatoms. The second-order valence-electron chi connectivity index (χ2n) is 8.84. The fourth-order valence-corrected chi connectivity index (χ4v) is 5.49. The monoisotopic (exact) mass is 517 g/mol. The molecule has 192 valence electrons. The van der Waals surface area contributed by atoms with Crippen LogP contribution < -0.4 is 16.8 Å². The Kier molecular flexibility index (Phi) is 7.73. The lowest BCUT2D eigenvalue weighted by atomic mass is 10.0. The lowest BCUT2D eigenvalue weighted by Crippen LogP contribution is -2.46. The van der Waals surface area contributed by atoms with E-state index in [9.17, 15) is 23.6 Å². The number of primary amides is 2. The average Bonchev–Trinajstić information content (AvgIpc) is 3.28. The Balaban J connectivity index is 1.59. The first-order chi connectivity index (χ1) is 17.2. The molecule has 1 aromatic carbocycles. The molecule has 0 spiro atoms. The van der Waals surface area contributed by atoms with Crippen molar-refractivity contribution in [3.05, 3.63) is 41.2 Å². The van der Waals surface area contributed by atoms with E-state index in [1.54, 1.807) is 4.90 Å². The summed E-state index contributed by atoms with van der Waals surface area (Å²) in [6.07, 6.45) is 3.44. The fraction of sp³-hybridized carbons (Fsp3) is 0.417. The maximum absolute atomic E-state index is 14.6. The zero-order valence-electron chi connectivity index (χ0n) is 19.6. The molecular weight excluding hydrogens is 489 g/mol. The van der Waals surface area contributed by atoms with Gasteiger partial charge < -0.3 is 26.0 Å². The molecule has 2 aromatic rings. The number of amides is 5. The van der Waals surface area contributed by atoms with Crippen LogP contribution in [0.5, 0.6) is 0 Å². The van der Waals surface area contributed by atoms with Gasteiger partial charge in [-0.2, -0.15) is 0 Å². The normalized spacial score (nSPS) is 18.0. The standard InChI is InChI=1S/C24H28FN5O5S/c25-18-7-6-14(11-16(18)21(31)29-8-2-1-3-9-29)19-12-17(20(36-19)28-23(26)33)22(32)35-15-5-4-10-30(13-15)24(27)34/h6-7,11-12,15H,1-5,8-10,13H2,(H2,27,34)(H3,26,28,33). The van der Waals surface area contributed by atoms with Crippen molar-refractivity contribution >= 4 is 40.3 Å². The van der Waals surface area contributed by atoms with E-state index in [2.05, 4.69) is 5.32 Å². The summed E-state index contributed by atoms with van der Waals surface area (Å²) in [6.45, 7) is 1.83. The molecule has 1 aromatic heterocycles. The van der Waals surface area contributed by atoms with Crippen LogP contribution in [0, 0.1) is 5.82 Å². The van der Waals surface area contributed by atoms with Gasteiger partial charge in [0.1, 0.15) is 16.9 Å². The molecule has 3 heterocycles. The minimum absolute atomic E-state index is 0.0508. The quantitative estimate of drug-likeness (QED) is 0.520. The van der Waals surface area contributed by atoms with Crippen LogP contribution in [0.1, 0.15) is 52.8 Å². The number of hydrogen-bond acceptors (Lipinski definition) is 6. The Hall–Kier alpha value is -3.67. The van der Waals surface area contributed by atoms with Gasteiger partial charge in [-0.1, -0.05) is 6.07 Å². The SMILES string of the molecule is NC(=O)Nc1sc(-c2ccc(F)c(C(=O)N3CCCCC3)c2)cc1C(=O)OC1CCCN(C(N)=O)C1. The Labute approximate surface area is 211 Å². The van der Waals surface area contributed by atoms with Crippen molar-refractivity contribution in [2.75, 3.05) is 31.5 Å². The van der Waals surface area contributed by atoms with E-state index in [0.717, 1.165) is 30.6 Å². The number of carbonyl (C=O) groups is 4. The summed E-state index contributed by atoms with van der Waals surface area (Å²) in [7, 11) is 0. The third-order valence-electron chi connectivity index (χ3n) is 6.28. The number of piperidine rings is 2. The minimum atomic E-state index is -0.866. The number of nitrogens with two attached hydrogens (primary N) is 2. The van der Waals surface area contributed by atoms with E-state index < -0.39 is 30.0 Å². The molecule has 5 amide bonds. The summed E-state index contributed by atoms with van der Waals surface area (Å²) in [4.78, 5) is 52.6. The molecule has 10 nitrogen and oxygen atoms in total. The second kappa shape index (κ2) is 10.9. The van der Waals surface area contributed by atoms with Crippen molar-refractivity contribution in [2.45, 2.75) is 38.2 Å². The highest BCUT2D eigenvalue weighted by molar-refractivity contribution is 7.20. The number of anilines is 1. The van der Waals surface area contributed by atoms with Gasteiger partial charge in [0.05, 0.1) is 17.7 Å². The fourth-order valence-electron chi connectivity index (χ4n) is 4.45. The van der Waals surface area contributed by atoms with Gasteiger partial charge in [0.25, 0.3) is 5.91 Å². The van der Waals surface area contributed by atoms with Crippen LogP contribution in [-0.4, -0.2) is 66.0 Å². The number of halogens is 1. The average molecular weight is 518 g/mol. The van der Waals surface area contributed by atoms with Gasteiger partial charge in [0, 0.05) is 24.5 Å². The minimum Gasteiger partial charge on any atom is -0.457 e. The topological polar surface area (TPSA) is 148 Å². The molecule has 5 N–H and O–H groups in total. The largest absolute Gasteiger partial charge is 0.457 e. The highest BCUT2D eigenvalue weighted by Crippen LogP contribution is 2.37. The number of benzene rings is 1. The number of nitrogens with one attached hydrogen (secondary N) is 1. The summed E-state index contributed by atoms with van der Waals surface area (Å²) in [6, 6.07) is 4.23. The second-order valence-corrected chi connectivity index (χ2v) is 9.90. The third kappa shape index (κ3) is 5.76. The van der Waals surface area contributed by atoms with Crippen molar-refractivity contribution in [3.63, 3.8) is 0 Å². The van der Waals surface area contributed by atoms with Crippen molar-refractivity contribution in [1.82, 2.24) is 9.80 Å². The maximum atomic E-state index is 14.6. The van der Waals surface area contributed by atoms with Crippen molar-refractivity contribution < 1.29 is 28.3 Å². The first-order valence-corrected chi connectivity index (χ1v) is 12.6. The number of hydrogen-bond donors (Lipinski definition) is 3. The van der Waals surface area contributed by atoms with E-state index in [1.807, 2.05) is 0 Å². The Bertz CT molecular complexity index is 1180. The predicted octanol–water partition coefficient (Wildman–Crippen LogP) is 3.37. The molecule has 1 unspecified atom stereocenters. The van der Waals surface area contributed by atoms with E-state index >= 15 is 0 Å². The first-order valence-electron chi connectivity index (χ1n) is 11.8. The molecule has 0 saturated carbocycles. The molecule has 0 aliphatic carbocycles. The molecule has 1 atom stereocenters. The van der Waals surface area contributed by atoms with Crippen LogP contribution >= 0.6 is 11.3 Å². The molecule has 2 fully saturated rings. The molecule has 0 bridgehead atoms. The van der Waals surface area contributed by atoms with Gasteiger partial charge >= 0.3 is 18.0 Å². The molecule has 2 aliphatic rings. The van der Waals surface area contributed by atoms with Gasteiger partial charge in [-0.3, -0.25) is 10.1 Å². The first kappa shape index (κ1) is 25.4. The van der Waals surface area contributed by atoms with Crippen LogP contribution in [0.25, 0.3) is 10.4 Å². The lowest BCUT2D eigenvalue weighted by Gasteiger charge is -2.31. The predicted molar refractivity (Wildman–Crippen MR) is 132 cm³/mol. The molecule has 2 aliphatic heterocycles. The van der Waals surface area contributed by atoms with Gasteiger partial charge in [-0.15, -0.1) is 11.3 Å². The van der Waals surface area contributed by atoms with Gasteiger partial charge in [-0.25, -0.2) is 18.8 Å². The Morgan fingerprint density at radius 3 is 2.39 bits per heavy atom. The molecular formula is C24H28FN5O5S. The van der Waals surface area contributed by atoms with Crippen LogP contribution in [0.2, 0.25) is 0 Å². The molecule has 0 radical (unpaired) electrons. The highest BCUT2D eigenvalue weighted by Gasteiger charge is 2.28. The number of nitrogens with zero attached hydrogens (tertiary/aromatic N) is 2. The van der Waals surface area contributed by atoms with Crippen molar-refractivity contribution in [2.24, 2.45) is 11.5 Å². The van der Waals surface area contributed by atoms with E-state index in [-0.39, 0.29) is 28.6 Å². The molecule has 36 heavy (non-hydrogen) atoms. The number of likely N-dealkylation sites (tertiary alicyclic amines) is 2. The smallest absolute Gasteiger partial charge is 0.341 e. The molecule has 2 saturated heterocycles. The van der Waals surface area contributed by atoms with Crippen LogP contribution in [0.15, 0.2) is 24.3 Å². The summed E-state index contributed by atoms with van der Waals surface area (Å²) < 4.78 is 20.2. The lowest BCUT2D eigenvalue weighted by molar-refractivity contribution is 0.0129. The summed E-state index contributed by atoms with van der Waals surface area (Å²) in [5.74, 6) is -1.71. The van der Waals surface area contributed by atoms with Crippen molar-refractivity contribution in [1.29, 1.82) is 0 Å². The van der Waals surface area contributed by atoms with E-state index in [4.69, 9.17) is 16.2 Å². The Morgan fingerprint density at radius 1 is 0.972 bits per heavy atom. The Morgan fingerprint density at radius 2 is 1.69 bits per heavy atom. The highest BCUT2D eigenvalue weighted by atomic mass is 32.1.